The minimum Gasteiger partial charge on any atom is -0.478 e. The van der Waals surface area contributed by atoms with Crippen LogP contribution in [0.4, 0.5) is 0 Å². The molecule has 3 heteroatoms. The van der Waals surface area contributed by atoms with E-state index in [1.165, 1.54) is 0 Å². The molecule has 2 rings (SSSR count). The van der Waals surface area contributed by atoms with E-state index in [0.29, 0.717) is 0 Å². The molecule has 0 amide bonds. The highest BCUT2D eigenvalue weighted by Crippen LogP contribution is 2.29. The van der Waals surface area contributed by atoms with Gasteiger partial charge in [0.2, 0.25) is 0 Å². The van der Waals surface area contributed by atoms with Crippen LogP contribution in [-0.4, -0.2) is 11.1 Å². The maximum Gasteiger partial charge on any atom is 0.328 e. The first-order chi connectivity index (χ1) is 9.95. The Morgan fingerprint density at radius 1 is 1.00 bits per heavy atom. The van der Waals surface area contributed by atoms with Crippen molar-refractivity contribution in [3.05, 3.63) is 64.7 Å². The van der Waals surface area contributed by atoms with Crippen LogP contribution in [0.3, 0.4) is 0 Å². The van der Waals surface area contributed by atoms with Crippen LogP contribution in [0.25, 0.3) is 6.08 Å². The molecule has 2 aromatic rings. The summed E-state index contributed by atoms with van der Waals surface area (Å²) in [5.74, 6) is 0.585. The fourth-order valence-electron chi connectivity index (χ4n) is 1.93. The Labute approximate surface area is 124 Å². The lowest BCUT2D eigenvalue weighted by Gasteiger charge is -2.12. The lowest BCUT2D eigenvalue weighted by atomic mass is 10.1. The van der Waals surface area contributed by atoms with Gasteiger partial charge in [0.05, 0.1) is 0 Å². The Kier molecular flexibility index (Phi) is 4.43. The van der Waals surface area contributed by atoms with Crippen molar-refractivity contribution in [2.24, 2.45) is 0 Å². The van der Waals surface area contributed by atoms with Gasteiger partial charge in [-0.15, -0.1) is 0 Å². The molecule has 0 bridgehead atoms. The van der Waals surface area contributed by atoms with Gasteiger partial charge in [-0.2, -0.15) is 0 Å². The third-order valence-electron chi connectivity index (χ3n) is 3.19. The SMILES string of the molecule is Cc1ccc(C)c(Oc2cc(/C=C/C(=O)O)ccc2C)c1. The largest absolute Gasteiger partial charge is 0.478 e. The molecule has 0 aliphatic heterocycles. The zero-order valence-electron chi connectivity index (χ0n) is 12.4. The van der Waals surface area contributed by atoms with Crippen molar-refractivity contribution in [1.82, 2.24) is 0 Å². The van der Waals surface area contributed by atoms with Crippen LogP contribution in [0, 0.1) is 20.8 Å². The topological polar surface area (TPSA) is 46.5 Å². The average Bonchev–Trinajstić information content (AvgIpc) is 2.43. The van der Waals surface area contributed by atoms with E-state index < -0.39 is 5.97 Å². The normalized spacial score (nSPS) is 10.8. The van der Waals surface area contributed by atoms with Gasteiger partial charge >= 0.3 is 5.97 Å². The van der Waals surface area contributed by atoms with Gasteiger partial charge in [0.1, 0.15) is 11.5 Å². The molecule has 0 aromatic heterocycles. The molecule has 0 heterocycles. The van der Waals surface area contributed by atoms with Crippen LogP contribution in [0.1, 0.15) is 22.3 Å². The van der Waals surface area contributed by atoms with E-state index in [4.69, 9.17) is 9.84 Å². The van der Waals surface area contributed by atoms with Crippen LogP contribution >= 0.6 is 0 Å². The molecule has 0 radical (unpaired) electrons. The fourth-order valence-corrected chi connectivity index (χ4v) is 1.93. The van der Waals surface area contributed by atoms with Crippen molar-refractivity contribution in [1.29, 1.82) is 0 Å². The van der Waals surface area contributed by atoms with Crippen molar-refractivity contribution >= 4 is 12.0 Å². The summed E-state index contributed by atoms with van der Waals surface area (Å²) in [4.78, 5) is 10.6. The standard InChI is InChI=1S/C18H18O3/c1-12-4-5-13(2)16(10-12)21-17-11-15(7-6-14(17)3)8-9-18(19)20/h4-11H,1-3H3,(H,19,20)/b9-8+. The maximum atomic E-state index is 10.6. The molecule has 108 valence electrons. The first kappa shape index (κ1) is 14.9. The third kappa shape index (κ3) is 3.96. The molecule has 0 fully saturated rings. The number of carbonyl (C=O) groups is 1. The summed E-state index contributed by atoms with van der Waals surface area (Å²) < 4.78 is 5.99. The van der Waals surface area contributed by atoms with Crippen molar-refractivity contribution < 1.29 is 14.6 Å². The molecule has 0 saturated heterocycles. The number of aliphatic carboxylic acids is 1. The molecule has 0 aliphatic carbocycles. The van der Waals surface area contributed by atoms with Crippen molar-refractivity contribution in [2.75, 3.05) is 0 Å². The number of ether oxygens (including phenoxy) is 1. The van der Waals surface area contributed by atoms with Crippen molar-refractivity contribution in [2.45, 2.75) is 20.8 Å². The highest BCUT2D eigenvalue weighted by atomic mass is 16.5. The smallest absolute Gasteiger partial charge is 0.328 e. The van der Waals surface area contributed by atoms with E-state index >= 15 is 0 Å². The monoisotopic (exact) mass is 282 g/mol. The Morgan fingerprint density at radius 3 is 2.29 bits per heavy atom. The number of benzene rings is 2. The minimum atomic E-state index is -0.965. The molecule has 3 nitrogen and oxygen atoms in total. The summed E-state index contributed by atoms with van der Waals surface area (Å²) in [5.41, 5.74) is 3.99. The molecule has 0 atom stereocenters. The summed E-state index contributed by atoms with van der Waals surface area (Å²) in [6, 6.07) is 11.7. The molecular formula is C18H18O3. The molecule has 0 spiro atoms. The van der Waals surface area contributed by atoms with Gasteiger partial charge in [0.25, 0.3) is 0 Å². The quantitative estimate of drug-likeness (QED) is 0.840. The predicted molar refractivity (Wildman–Crippen MR) is 83.8 cm³/mol. The highest BCUT2D eigenvalue weighted by molar-refractivity contribution is 5.85. The van der Waals surface area contributed by atoms with E-state index in [1.807, 2.05) is 57.2 Å². The Bertz CT molecular complexity index is 700. The predicted octanol–water partition coefficient (Wildman–Crippen LogP) is 4.50. The molecule has 1 N–H and O–H groups in total. The highest BCUT2D eigenvalue weighted by Gasteiger charge is 2.05. The number of hydrogen-bond acceptors (Lipinski definition) is 2. The Balaban J connectivity index is 2.33. The first-order valence-electron chi connectivity index (χ1n) is 6.72. The molecule has 2 aromatic carbocycles. The number of aryl methyl sites for hydroxylation is 3. The van der Waals surface area contributed by atoms with Crippen molar-refractivity contribution in [3.63, 3.8) is 0 Å². The fraction of sp³-hybridized carbons (Fsp3) is 0.167. The molecule has 0 saturated carbocycles. The van der Waals surface area contributed by atoms with Gasteiger partial charge in [-0.05, 0) is 61.2 Å². The second kappa shape index (κ2) is 6.27. The van der Waals surface area contributed by atoms with E-state index in [1.54, 1.807) is 6.08 Å². The molecule has 0 aliphatic rings. The van der Waals surface area contributed by atoms with E-state index in [2.05, 4.69) is 0 Å². The summed E-state index contributed by atoms with van der Waals surface area (Å²) >= 11 is 0. The lowest BCUT2D eigenvalue weighted by molar-refractivity contribution is -0.131. The first-order valence-corrected chi connectivity index (χ1v) is 6.72. The van der Waals surface area contributed by atoms with Gasteiger partial charge in [-0.1, -0.05) is 24.3 Å². The van der Waals surface area contributed by atoms with Gasteiger partial charge in [0, 0.05) is 6.08 Å². The van der Waals surface area contributed by atoms with Gasteiger partial charge in [-0.25, -0.2) is 4.79 Å². The second-order valence-electron chi connectivity index (χ2n) is 5.07. The van der Waals surface area contributed by atoms with Crippen molar-refractivity contribution in [3.8, 4) is 11.5 Å². The van der Waals surface area contributed by atoms with Gasteiger partial charge in [0.15, 0.2) is 0 Å². The molecule has 0 unspecified atom stereocenters. The number of hydrogen-bond donors (Lipinski definition) is 1. The average molecular weight is 282 g/mol. The van der Waals surface area contributed by atoms with Crippen LogP contribution in [0.15, 0.2) is 42.5 Å². The molecular weight excluding hydrogens is 264 g/mol. The number of carboxylic acid groups (broad SMARTS) is 1. The third-order valence-corrected chi connectivity index (χ3v) is 3.19. The van der Waals surface area contributed by atoms with Gasteiger partial charge < -0.3 is 9.84 Å². The summed E-state index contributed by atoms with van der Waals surface area (Å²) in [6.45, 7) is 5.98. The summed E-state index contributed by atoms with van der Waals surface area (Å²) in [5, 5.41) is 8.68. The van der Waals surface area contributed by atoms with E-state index in [-0.39, 0.29) is 0 Å². The van der Waals surface area contributed by atoms with Crippen LogP contribution in [0.2, 0.25) is 0 Å². The number of rotatable bonds is 4. The summed E-state index contributed by atoms with van der Waals surface area (Å²) in [7, 11) is 0. The van der Waals surface area contributed by atoms with Crippen LogP contribution in [0.5, 0.6) is 11.5 Å². The van der Waals surface area contributed by atoms with Crippen LogP contribution in [-0.2, 0) is 4.79 Å². The Hall–Kier alpha value is -2.55. The number of carboxylic acids is 1. The molecule has 21 heavy (non-hydrogen) atoms. The zero-order chi connectivity index (χ0) is 15.4. The Morgan fingerprint density at radius 2 is 1.62 bits per heavy atom. The second-order valence-corrected chi connectivity index (χ2v) is 5.07. The maximum absolute atomic E-state index is 10.6. The zero-order valence-corrected chi connectivity index (χ0v) is 12.4. The van der Waals surface area contributed by atoms with Crippen LogP contribution < -0.4 is 4.74 Å². The summed E-state index contributed by atoms with van der Waals surface area (Å²) in [6.07, 6.45) is 2.67. The lowest BCUT2D eigenvalue weighted by Crippen LogP contribution is -1.92. The van der Waals surface area contributed by atoms with Gasteiger partial charge in [-0.3, -0.25) is 0 Å². The van der Waals surface area contributed by atoms with E-state index in [9.17, 15) is 4.79 Å². The minimum absolute atomic E-state index is 0.733. The van der Waals surface area contributed by atoms with E-state index in [0.717, 1.165) is 39.8 Å².